The van der Waals surface area contributed by atoms with E-state index < -0.39 is 5.97 Å². The van der Waals surface area contributed by atoms with Crippen LogP contribution in [0.5, 0.6) is 0 Å². The van der Waals surface area contributed by atoms with Gasteiger partial charge >= 0.3 is 5.97 Å². The largest absolute Gasteiger partial charge is 0.459 e. The van der Waals surface area contributed by atoms with Crippen LogP contribution >= 0.6 is 22.6 Å². The van der Waals surface area contributed by atoms with E-state index in [0.29, 0.717) is 17.4 Å². The van der Waals surface area contributed by atoms with Crippen molar-refractivity contribution in [1.82, 2.24) is 0 Å². The van der Waals surface area contributed by atoms with Crippen LogP contribution in [0.1, 0.15) is 34.6 Å². The van der Waals surface area contributed by atoms with Gasteiger partial charge < -0.3 is 4.74 Å². The lowest BCUT2D eigenvalue weighted by atomic mass is 10.1. The van der Waals surface area contributed by atoms with Gasteiger partial charge in [0.15, 0.2) is 6.29 Å². The highest BCUT2D eigenvalue weighted by Crippen LogP contribution is 2.17. The van der Waals surface area contributed by atoms with E-state index in [-0.39, 0.29) is 6.10 Å². The topological polar surface area (TPSA) is 43.4 Å². The highest BCUT2D eigenvalue weighted by molar-refractivity contribution is 14.1. The summed E-state index contributed by atoms with van der Waals surface area (Å²) in [5.74, 6) is -0.447. The van der Waals surface area contributed by atoms with Crippen LogP contribution in [0.15, 0.2) is 18.2 Å². The monoisotopic (exact) mass is 318 g/mol. The summed E-state index contributed by atoms with van der Waals surface area (Å²) >= 11 is 2.01. The number of hydrogen-bond acceptors (Lipinski definition) is 3. The van der Waals surface area contributed by atoms with Gasteiger partial charge in [-0.15, -0.1) is 0 Å². The zero-order chi connectivity index (χ0) is 11.4. The van der Waals surface area contributed by atoms with Crippen LogP contribution in [0.25, 0.3) is 0 Å². The molecule has 3 nitrogen and oxygen atoms in total. The molecule has 0 N–H and O–H groups in total. The second kappa shape index (κ2) is 5.25. The van der Waals surface area contributed by atoms with Gasteiger partial charge in [0.25, 0.3) is 0 Å². The standard InChI is InChI=1S/C11H11IO3/c1-7(2)15-11(14)10-8(6-13)4-3-5-9(10)12/h3-7H,1-2H3. The summed E-state index contributed by atoms with van der Waals surface area (Å²) in [7, 11) is 0. The maximum absolute atomic E-state index is 11.7. The number of carbonyl (C=O) groups is 2. The van der Waals surface area contributed by atoms with Gasteiger partial charge in [0.1, 0.15) is 0 Å². The highest BCUT2D eigenvalue weighted by atomic mass is 127. The van der Waals surface area contributed by atoms with E-state index >= 15 is 0 Å². The number of esters is 1. The number of carbonyl (C=O) groups excluding carboxylic acids is 2. The Kier molecular flexibility index (Phi) is 4.26. The van der Waals surface area contributed by atoms with Gasteiger partial charge in [0, 0.05) is 9.13 Å². The number of benzene rings is 1. The molecule has 15 heavy (non-hydrogen) atoms. The normalized spacial score (nSPS) is 10.1. The lowest BCUT2D eigenvalue weighted by Gasteiger charge is -2.10. The molecule has 0 heterocycles. The summed E-state index contributed by atoms with van der Waals surface area (Å²) in [6.45, 7) is 3.54. The molecule has 0 atom stereocenters. The summed E-state index contributed by atoms with van der Waals surface area (Å²) in [6, 6.07) is 5.11. The van der Waals surface area contributed by atoms with Crippen LogP contribution in [-0.2, 0) is 4.74 Å². The van der Waals surface area contributed by atoms with Crippen LogP contribution in [0.4, 0.5) is 0 Å². The zero-order valence-corrected chi connectivity index (χ0v) is 10.6. The molecule has 1 aromatic rings. The molecule has 0 unspecified atom stereocenters. The van der Waals surface area contributed by atoms with Crippen molar-refractivity contribution < 1.29 is 14.3 Å². The fourth-order valence-electron chi connectivity index (χ4n) is 1.13. The van der Waals surface area contributed by atoms with Gasteiger partial charge in [-0.25, -0.2) is 4.79 Å². The first-order valence-electron chi connectivity index (χ1n) is 4.51. The minimum atomic E-state index is -0.447. The molecule has 0 bridgehead atoms. The minimum absolute atomic E-state index is 0.187. The number of halogens is 1. The lowest BCUT2D eigenvalue weighted by Crippen LogP contribution is -2.14. The molecule has 0 radical (unpaired) electrons. The van der Waals surface area contributed by atoms with Crippen LogP contribution in [0.2, 0.25) is 0 Å². The fraction of sp³-hybridized carbons (Fsp3) is 0.273. The van der Waals surface area contributed by atoms with Crippen molar-refractivity contribution in [2.75, 3.05) is 0 Å². The van der Waals surface area contributed by atoms with Gasteiger partial charge in [-0.2, -0.15) is 0 Å². The molecule has 4 heteroatoms. The van der Waals surface area contributed by atoms with Crippen LogP contribution in [-0.4, -0.2) is 18.4 Å². The van der Waals surface area contributed by atoms with Crippen molar-refractivity contribution in [3.8, 4) is 0 Å². The Morgan fingerprint density at radius 3 is 2.67 bits per heavy atom. The van der Waals surface area contributed by atoms with E-state index in [4.69, 9.17) is 4.74 Å². The first-order chi connectivity index (χ1) is 7.06. The third-order valence-electron chi connectivity index (χ3n) is 1.72. The van der Waals surface area contributed by atoms with E-state index in [9.17, 15) is 9.59 Å². The third kappa shape index (κ3) is 3.02. The second-order valence-corrected chi connectivity index (χ2v) is 4.44. The SMILES string of the molecule is CC(C)OC(=O)c1c(I)cccc1C=O. The predicted molar refractivity (Wildman–Crippen MR) is 65.1 cm³/mol. The van der Waals surface area contributed by atoms with Crippen molar-refractivity contribution in [2.45, 2.75) is 20.0 Å². The predicted octanol–water partition coefficient (Wildman–Crippen LogP) is 2.67. The summed E-state index contributed by atoms with van der Waals surface area (Å²) in [4.78, 5) is 22.4. The Labute approximate surface area is 102 Å². The number of ether oxygens (including phenoxy) is 1. The van der Waals surface area contributed by atoms with E-state index in [2.05, 4.69) is 0 Å². The molecule has 0 amide bonds. The smallest absolute Gasteiger partial charge is 0.340 e. The Hall–Kier alpha value is -0.910. The maximum atomic E-state index is 11.7. The molecule has 0 aliphatic heterocycles. The molecule has 0 spiro atoms. The summed E-state index contributed by atoms with van der Waals surface area (Å²) in [6.07, 6.45) is 0.479. The van der Waals surface area contributed by atoms with E-state index in [1.807, 2.05) is 22.6 Å². The number of aldehydes is 1. The molecule has 0 saturated carbocycles. The molecule has 0 saturated heterocycles. The zero-order valence-electron chi connectivity index (χ0n) is 8.49. The van der Waals surface area contributed by atoms with E-state index in [1.54, 1.807) is 32.0 Å². The highest BCUT2D eigenvalue weighted by Gasteiger charge is 2.16. The van der Waals surface area contributed by atoms with Crippen molar-refractivity contribution in [3.63, 3.8) is 0 Å². The summed E-state index contributed by atoms with van der Waals surface area (Å²) in [5, 5.41) is 0. The Bertz CT molecular complexity index is 385. The first-order valence-corrected chi connectivity index (χ1v) is 5.58. The van der Waals surface area contributed by atoms with Crippen molar-refractivity contribution >= 4 is 34.8 Å². The molecule has 80 valence electrons. The Balaban J connectivity index is 3.11. The number of rotatable bonds is 3. The van der Waals surface area contributed by atoms with Gasteiger partial charge in [-0.05, 0) is 42.5 Å². The first kappa shape index (κ1) is 12.2. The quantitative estimate of drug-likeness (QED) is 0.489. The molecule has 1 rings (SSSR count). The molecule has 0 aliphatic carbocycles. The molecule has 1 aromatic carbocycles. The van der Waals surface area contributed by atoms with Gasteiger partial charge in [-0.1, -0.05) is 12.1 Å². The van der Waals surface area contributed by atoms with Gasteiger partial charge in [0.2, 0.25) is 0 Å². The van der Waals surface area contributed by atoms with E-state index in [0.717, 1.165) is 3.57 Å². The minimum Gasteiger partial charge on any atom is -0.459 e. The van der Waals surface area contributed by atoms with Crippen molar-refractivity contribution in [1.29, 1.82) is 0 Å². The van der Waals surface area contributed by atoms with Gasteiger partial charge in [-0.3, -0.25) is 4.79 Å². The summed E-state index contributed by atoms with van der Waals surface area (Å²) < 4.78 is 5.78. The van der Waals surface area contributed by atoms with Crippen LogP contribution in [0.3, 0.4) is 0 Å². The molecular formula is C11H11IO3. The van der Waals surface area contributed by atoms with Crippen LogP contribution < -0.4 is 0 Å². The van der Waals surface area contributed by atoms with Crippen LogP contribution in [0, 0.1) is 3.57 Å². The van der Waals surface area contributed by atoms with Gasteiger partial charge in [0.05, 0.1) is 11.7 Å². The molecule has 0 aliphatic rings. The average Bonchev–Trinajstić information content (AvgIpc) is 2.15. The van der Waals surface area contributed by atoms with Crippen molar-refractivity contribution in [2.24, 2.45) is 0 Å². The lowest BCUT2D eigenvalue weighted by molar-refractivity contribution is 0.0375. The fourth-order valence-corrected chi connectivity index (χ4v) is 1.87. The van der Waals surface area contributed by atoms with Crippen molar-refractivity contribution in [3.05, 3.63) is 32.9 Å². The Morgan fingerprint density at radius 2 is 2.13 bits per heavy atom. The molecule has 0 aromatic heterocycles. The summed E-state index contributed by atoms with van der Waals surface area (Å²) in [5.41, 5.74) is 0.717. The van der Waals surface area contributed by atoms with E-state index in [1.165, 1.54) is 0 Å². The molecule has 0 fully saturated rings. The maximum Gasteiger partial charge on any atom is 0.340 e. The average molecular weight is 318 g/mol. The Morgan fingerprint density at radius 1 is 1.47 bits per heavy atom. The third-order valence-corrected chi connectivity index (χ3v) is 2.62. The second-order valence-electron chi connectivity index (χ2n) is 3.28. The number of hydrogen-bond donors (Lipinski definition) is 0. The molecular weight excluding hydrogens is 307 g/mol.